The molecular weight excluding hydrogens is 350 g/mol. The minimum absolute atomic E-state index is 0.106. The van der Waals surface area contributed by atoms with Gasteiger partial charge in [0.1, 0.15) is 0 Å². The van der Waals surface area contributed by atoms with Crippen molar-refractivity contribution in [2.75, 3.05) is 20.8 Å². The van der Waals surface area contributed by atoms with Crippen molar-refractivity contribution in [1.29, 1.82) is 0 Å². The van der Waals surface area contributed by atoms with Gasteiger partial charge in [-0.05, 0) is 47.9 Å². The lowest BCUT2D eigenvalue weighted by Crippen LogP contribution is -2.33. The van der Waals surface area contributed by atoms with Crippen LogP contribution < -0.4 is 9.47 Å². The number of carbonyl (C=O) groups is 1. The summed E-state index contributed by atoms with van der Waals surface area (Å²) in [6.45, 7) is 4.69. The van der Waals surface area contributed by atoms with E-state index >= 15 is 0 Å². The molecule has 0 saturated heterocycles. The van der Waals surface area contributed by atoms with Crippen LogP contribution in [0.5, 0.6) is 11.5 Å². The second kappa shape index (κ2) is 7.67. The van der Waals surface area contributed by atoms with Gasteiger partial charge < -0.3 is 14.4 Å². The van der Waals surface area contributed by atoms with E-state index in [0.717, 1.165) is 23.1 Å². The van der Waals surface area contributed by atoms with Crippen LogP contribution in [-0.4, -0.2) is 31.6 Å². The lowest BCUT2D eigenvalue weighted by molar-refractivity contribution is -0.123. The summed E-state index contributed by atoms with van der Waals surface area (Å²) in [5, 5.41) is 0.666. The van der Waals surface area contributed by atoms with Crippen LogP contribution in [0.2, 0.25) is 5.02 Å². The van der Waals surface area contributed by atoms with Gasteiger partial charge in [0.25, 0.3) is 5.91 Å². The van der Waals surface area contributed by atoms with E-state index in [0.29, 0.717) is 28.8 Å². The number of methoxy groups -OCH3 is 2. The SMILES string of the molecule is C=C1c2cc(OC)c(OC)cc2CCN1C(=O)C=Cc1ccc(Cl)cc1. The van der Waals surface area contributed by atoms with Crippen LogP contribution in [-0.2, 0) is 11.2 Å². The number of hydrogen-bond donors (Lipinski definition) is 0. The molecule has 1 amide bonds. The Kier molecular flexibility index (Phi) is 5.33. The summed E-state index contributed by atoms with van der Waals surface area (Å²) in [6, 6.07) is 11.1. The van der Waals surface area contributed by atoms with Crippen molar-refractivity contribution < 1.29 is 14.3 Å². The molecule has 0 aliphatic carbocycles. The molecule has 0 atom stereocenters. The topological polar surface area (TPSA) is 38.8 Å². The highest BCUT2D eigenvalue weighted by Gasteiger charge is 2.25. The standard InChI is InChI=1S/C21H20ClNO3/c1-14-18-13-20(26-3)19(25-2)12-16(18)10-11-23(14)21(24)9-6-15-4-7-17(22)8-5-15/h4-9,12-13H,1,10-11H2,2-3H3. The van der Waals surface area contributed by atoms with Gasteiger partial charge >= 0.3 is 0 Å². The second-order valence-corrected chi connectivity index (χ2v) is 6.37. The number of carbonyl (C=O) groups excluding carboxylic acids is 1. The van der Waals surface area contributed by atoms with Crippen molar-refractivity contribution >= 4 is 29.3 Å². The third-order valence-corrected chi connectivity index (χ3v) is 4.66. The number of ether oxygens (including phenoxy) is 2. The first-order valence-corrected chi connectivity index (χ1v) is 8.60. The average Bonchev–Trinajstić information content (AvgIpc) is 2.66. The van der Waals surface area contributed by atoms with Crippen LogP contribution in [0, 0.1) is 0 Å². The van der Waals surface area contributed by atoms with Gasteiger partial charge in [0.15, 0.2) is 11.5 Å². The summed E-state index contributed by atoms with van der Waals surface area (Å²) >= 11 is 5.88. The Morgan fingerprint density at radius 1 is 1.15 bits per heavy atom. The molecule has 134 valence electrons. The van der Waals surface area contributed by atoms with Crippen molar-refractivity contribution in [2.24, 2.45) is 0 Å². The van der Waals surface area contributed by atoms with Gasteiger partial charge in [-0.25, -0.2) is 0 Å². The van der Waals surface area contributed by atoms with Crippen molar-refractivity contribution in [1.82, 2.24) is 4.90 Å². The van der Waals surface area contributed by atoms with Gasteiger partial charge in [-0.1, -0.05) is 30.3 Å². The Labute approximate surface area is 158 Å². The van der Waals surface area contributed by atoms with Crippen molar-refractivity contribution in [3.05, 3.63) is 70.8 Å². The molecule has 0 N–H and O–H groups in total. The molecule has 0 bridgehead atoms. The molecule has 0 aromatic heterocycles. The van der Waals surface area contributed by atoms with Gasteiger partial charge in [0, 0.05) is 28.9 Å². The van der Waals surface area contributed by atoms with Crippen LogP contribution in [0.15, 0.2) is 49.1 Å². The third kappa shape index (κ3) is 3.60. The van der Waals surface area contributed by atoms with Crippen LogP contribution in [0.4, 0.5) is 0 Å². The quantitative estimate of drug-likeness (QED) is 0.748. The molecule has 1 aliphatic heterocycles. The number of hydrogen-bond acceptors (Lipinski definition) is 3. The first kappa shape index (κ1) is 18.1. The zero-order valence-electron chi connectivity index (χ0n) is 14.8. The summed E-state index contributed by atoms with van der Waals surface area (Å²) in [5.74, 6) is 1.20. The summed E-state index contributed by atoms with van der Waals surface area (Å²) in [4.78, 5) is 14.3. The first-order chi connectivity index (χ1) is 12.5. The zero-order chi connectivity index (χ0) is 18.7. The Morgan fingerprint density at radius 2 is 1.81 bits per heavy atom. The Balaban J connectivity index is 1.82. The fourth-order valence-electron chi connectivity index (χ4n) is 2.98. The zero-order valence-corrected chi connectivity index (χ0v) is 15.5. The molecule has 4 nitrogen and oxygen atoms in total. The highest BCUT2D eigenvalue weighted by atomic mass is 35.5. The molecule has 0 saturated carbocycles. The Morgan fingerprint density at radius 3 is 2.46 bits per heavy atom. The molecular formula is C21H20ClNO3. The molecule has 2 aromatic carbocycles. The average molecular weight is 370 g/mol. The van der Waals surface area contributed by atoms with Crippen molar-refractivity contribution in [2.45, 2.75) is 6.42 Å². The van der Waals surface area contributed by atoms with Crippen LogP contribution in [0.3, 0.4) is 0 Å². The molecule has 26 heavy (non-hydrogen) atoms. The number of benzene rings is 2. The molecule has 1 aliphatic rings. The first-order valence-electron chi connectivity index (χ1n) is 8.23. The second-order valence-electron chi connectivity index (χ2n) is 5.94. The maximum Gasteiger partial charge on any atom is 0.250 e. The van der Waals surface area contributed by atoms with E-state index in [9.17, 15) is 4.79 Å². The minimum Gasteiger partial charge on any atom is -0.493 e. The molecule has 0 radical (unpaired) electrons. The van der Waals surface area contributed by atoms with E-state index < -0.39 is 0 Å². The molecule has 3 rings (SSSR count). The van der Waals surface area contributed by atoms with Crippen molar-refractivity contribution in [3.8, 4) is 11.5 Å². The number of amides is 1. The van der Waals surface area contributed by atoms with Gasteiger partial charge in [-0.3, -0.25) is 4.79 Å². The molecule has 5 heteroatoms. The van der Waals surface area contributed by atoms with Gasteiger partial charge in [0.05, 0.1) is 14.2 Å². The predicted molar refractivity (Wildman–Crippen MR) is 104 cm³/mol. The van der Waals surface area contributed by atoms with Crippen LogP contribution in [0.25, 0.3) is 11.8 Å². The van der Waals surface area contributed by atoms with E-state index in [2.05, 4.69) is 6.58 Å². The molecule has 0 fully saturated rings. The predicted octanol–water partition coefficient (Wildman–Crippen LogP) is 4.43. The van der Waals surface area contributed by atoms with Gasteiger partial charge in [-0.2, -0.15) is 0 Å². The van der Waals surface area contributed by atoms with Crippen molar-refractivity contribution in [3.63, 3.8) is 0 Å². The maximum absolute atomic E-state index is 12.6. The minimum atomic E-state index is -0.106. The highest BCUT2D eigenvalue weighted by Crippen LogP contribution is 2.37. The fraction of sp³-hybridized carbons (Fsp3) is 0.190. The van der Waals surface area contributed by atoms with E-state index in [-0.39, 0.29) is 5.91 Å². The number of halogens is 1. The normalized spacial score (nSPS) is 13.7. The fourth-order valence-corrected chi connectivity index (χ4v) is 3.11. The largest absolute Gasteiger partial charge is 0.493 e. The molecule has 2 aromatic rings. The van der Waals surface area contributed by atoms with Gasteiger partial charge in [0.2, 0.25) is 0 Å². The molecule has 0 unspecified atom stereocenters. The third-order valence-electron chi connectivity index (χ3n) is 4.41. The number of rotatable bonds is 4. The smallest absolute Gasteiger partial charge is 0.250 e. The Hall–Kier alpha value is -2.72. The number of nitrogens with zero attached hydrogens (tertiary/aromatic N) is 1. The molecule has 0 spiro atoms. The van der Waals surface area contributed by atoms with Crippen LogP contribution >= 0.6 is 11.6 Å². The van der Waals surface area contributed by atoms with E-state index in [1.54, 1.807) is 43.4 Å². The van der Waals surface area contributed by atoms with Crippen LogP contribution in [0.1, 0.15) is 16.7 Å². The summed E-state index contributed by atoms with van der Waals surface area (Å²) in [5.41, 5.74) is 3.58. The van der Waals surface area contributed by atoms with E-state index in [1.165, 1.54) is 0 Å². The highest BCUT2D eigenvalue weighted by molar-refractivity contribution is 6.30. The monoisotopic (exact) mass is 369 g/mol. The molecule has 1 heterocycles. The summed E-state index contributed by atoms with van der Waals surface area (Å²) < 4.78 is 10.7. The summed E-state index contributed by atoms with van der Waals surface area (Å²) in [7, 11) is 3.20. The summed E-state index contributed by atoms with van der Waals surface area (Å²) in [6.07, 6.45) is 4.06. The lowest BCUT2D eigenvalue weighted by atomic mass is 9.96. The Bertz CT molecular complexity index is 872. The number of fused-ring (bicyclic) bond motifs is 1. The van der Waals surface area contributed by atoms with Gasteiger partial charge in [-0.15, -0.1) is 0 Å². The van der Waals surface area contributed by atoms with E-state index in [1.807, 2.05) is 24.3 Å². The lowest BCUT2D eigenvalue weighted by Gasteiger charge is -2.30. The van der Waals surface area contributed by atoms with E-state index in [4.69, 9.17) is 21.1 Å². The maximum atomic E-state index is 12.6.